The van der Waals surface area contributed by atoms with Gasteiger partial charge in [-0.2, -0.15) is 0 Å². The normalized spacial score (nSPS) is 16.6. The number of nitrogens with one attached hydrogen (secondary N) is 1. The summed E-state index contributed by atoms with van der Waals surface area (Å²) >= 11 is 0. The largest absolute Gasteiger partial charge is 0.378 e. The molecule has 6 heteroatoms. The fourth-order valence-corrected chi connectivity index (χ4v) is 2.22. The van der Waals surface area contributed by atoms with E-state index in [1.807, 2.05) is 13.8 Å². The highest BCUT2D eigenvalue weighted by Gasteiger charge is 2.29. The van der Waals surface area contributed by atoms with E-state index >= 15 is 0 Å². The summed E-state index contributed by atoms with van der Waals surface area (Å²) in [6.45, 7) is 6.11. The minimum Gasteiger partial charge on any atom is -0.378 e. The highest BCUT2D eigenvalue weighted by Crippen LogP contribution is 2.10. The zero-order valence-corrected chi connectivity index (χ0v) is 12.4. The lowest BCUT2D eigenvalue weighted by atomic mass is 10.0. The molecule has 1 saturated heterocycles. The molecule has 2 heterocycles. The van der Waals surface area contributed by atoms with Crippen molar-refractivity contribution in [1.82, 2.24) is 15.2 Å². The van der Waals surface area contributed by atoms with Gasteiger partial charge < -0.3 is 15.0 Å². The van der Waals surface area contributed by atoms with E-state index < -0.39 is 6.04 Å². The van der Waals surface area contributed by atoms with Crippen LogP contribution in [-0.4, -0.2) is 54.0 Å². The average Bonchev–Trinajstić information content (AvgIpc) is 2.53. The van der Waals surface area contributed by atoms with Crippen LogP contribution in [0.5, 0.6) is 0 Å². The lowest BCUT2D eigenvalue weighted by molar-refractivity contribution is -0.138. The summed E-state index contributed by atoms with van der Waals surface area (Å²) in [6.07, 6.45) is 3.12. The fraction of sp³-hybridized carbons (Fsp3) is 0.533. The highest BCUT2D eigenvalue weighted by molar-refractivity contribution is 5.97. The molecule has 0 aromatic carbocycles. The SMILES string of the molecule is CC(C)[C@@H](NC(=O)c1ccncc1)C(=O)N1CCOCC1. The molecule has 1 aliphatic rings. The first-order valence-electron chi connectivity index (χ1n) is 7.17. The number of hydrogen-bond donors (Lipinski definition) is 1. The summed E-state index contributed by atoms with van der Waals surface area (Å²) in [7, 11) is 0. The molecule has 114 valence electrons. The van der Waals surface area contributed by atoms with Crippen molar-refractivity contribution < 1.29 is 14.3 Å². The number of nitrogens with zero attached hydrogens (tertiary/aromatic N) is 2. The van der Waals surface area contributed by atoms with Crippen LogP contribution in [0.3, 0.4) is 0 Å². The quantitative estimate of drug-likeness (QED) is 0.886. The van der Waals surface area contributed by atoms with Gasteiger partial charge >= 0.3 is 0 Å². The summed E-state index contributed by atoms with van der Waals surface area (Å²) in [6, 6.07) is 2.74. The van der Waals surface area contributed by atoms with Crippen LogP contribution >= 0.6 is 0 Å². The van der Waals surface area contributed by atoms with Crippen LogP contribution in [0.4, 0.5) is 0 Å². The van der Waals surface area contributed by atoms with Crippen LogP contribution in [0.2, 0.25) is 0 Å². The molecule has 1 aliphatic heterocycles. The number of rotatable bonds is 4. The van der Waals surface area contributed by atoms with Gasteiger partial charge in [-0.3, -0.25) is 14.6 Å². The van der Waals surface area contributed by atoms with Crippen molar-refractivity contribution in [2.45, 2.75) is 19.9 Å². The minimum atomic E-state index is -0.524. The predicted octanol–water partition coefficient (Wildman–Crippen LogP) is 0.695. The van der Waals surface area contributed by atoms with Gasteiger partial charge in [0.05, 0.1) is 13.2 Å². The molecule has 0 aliphatic carbocycles. The Kier molecular flexibility index (Phi) is 5.27. The smallest absolute Gasteiger partial charge is 0.252 e. The van der Waals surface area contributed by atoms with Crippen LogP contribution in [-0.2, 0) is 9.53 Å². The van der Waals surface area contributed by atoms with E-state index in [2.05, 4.69) is 10.3 Å². The zero-order valence-electron chi connectivity index (χ0n) is 12.4. The highest BCUT2D eigenvalue weighted by atomic mass is 16.5. The molecular weight excluding hydrogens is 270 g/mol. The molecule has 0 spiro atoms. The van der Waals surface area contributed by atoms with Crippen molar-refractivity contribution in [2.75, 3.05) is 26.3 Å². The van der Waals surface area contributed by atoms with Crippen LogP contribution in [0.1, 0.15) is 24.2 Å². The number of aromatic nitrogens is 1. The van der Waals surface area contributed by atoms with Crippen molar-refractivity contribution in [3.8, 4) is 0 Å². The number of amides is 2. The van der Waals surface area contributed by atoms with E-state index in [4.69, 9.17) is 4.74 Å². The van der Waals surface area contributed by atoms with Crippen LogP contribution in [0.25, 0.3) is 0 Å². The lowest BCUT2D eigenvalue weighted by Gasteiger charge is -2.32. The lowest BCUT2D eigenvalue weighted by Crippen LogP contribution is -2.53. The fourth-order valence-electron chi connectivity index (χ4n) is 2.22. The van der Waals surface area contributed by atoms with Gasteiger partial charge in [0.2, 0.25) is 5.91 Å². The van der Waals surface area contributed by atoms with Crippen molar-refractivity contribution >= 4 is 11.8 Å². The van der Waals surface area contributed by atoms with E-state index in [0.717, 1.165) is 0 Å². The second-order valence-corrected chi connectivity index (χ2v) is 5.37. The van der Waals surface area contributed by atoms with E-state index in [1.165, 1.54) is 0 Å². The standard InChI is InChI=1S/C15H21N3O3/c1-11(2)13(15(20)18-7-9-21-10-8-18)17-14(19)12-3-5-16-6-4-12/h3-6,11,13H,7-10H2,1-2H3,(H,17,19)/t13-/m1/s1. The maximum Gasteiger partial charge on any atom is 0.252 e. The molecule has 1 aromatic heterocycles. The number of carbonyl (C=O) groups is 2. The molecule has 1 aromatic rings. The minimum absolute atomic E-state index is 0.0196. The van der Waals surface area contributed by atoms with E-state index in [-0.39, 0.29) is 17.7 Å². The summed E-state index contributed by atoms with van der Waals surface area (Å²) < 4.78 is 5.25. The van der Waals surface area contributed by atoms with Gasteiger partial charge in [0, 0.05) is 31.0 Å². The number of hydrogen-bond acceptors (Lipinski definition) is 4. The maximum atomic E-state index is 12.5. The van der Waals surface area contributed by atoms with Crippen molar-refractivity contribution in [3.63, 3.8) is 0 Å². The molecule has 21 heavy (non-hydrogen) atoms. The number of morpholine rings is 1. The molecule has 2 amide bonds. The van der Waals surface area contributed by atoms with Crippen LogP contribution < -0.4 is 5.32 Å². The van der Waals surface area contributed by atoms with Crippen molar-refractivity contribution in [2.24, 2.45) is 5.92 Å². The molecule has 1 atom stereocenters. The van der Waals surface area contributed by atoms with E-state index in [9.17, 15) is 9.59 Å². The number of carbonyl (C=O) groups excluding carboxylic acids is 2. The van der Waals surface area contributed by atoms with Gasteiger partial charge in [-0.25, -0.2) is 0 Å². The molecule has 2 rings (SSSR count). The Bertz CT molecular complexity index is 484. The molecule has 0 saturated carbocycles. The van der Waals surface area contributed by atoms with Crippen LogP contribution in [0, 0.1) is 5.92 Å². The molecule has 0 radical (unpaired) electrons. The summed E-state index contributed by atoms with van der Waals surface area (Å²) in [5, 5.41) is 2.83. The van der Waals surface area contributed by atoms with Crippen molar-refractivity contribution in [3.05, 3.63) is 30.1 Å². The molecule has 0 unspecified atom stereocenters. The Morgan fingerprint density at radius 2 is 1.86 bits per heavy atom. The first-order valence-corrected chi connectivity index (χ1v) is 7.17. The Morgan fingerprint density at radius 1 is 1.24 bits per heavy atom. The number of pyridine rings is 1. The number of ether oxygens (including phenoxy) is 1. The summed E-state index contributed by atoms with van der Waals surface area (Å²) in [5.41, 5.74) is 0.505. The third-order valence-corrected chi connectivity index (χ3v) is 3.48. The van der Waals surface area contributed by atoms with Gasteiger partial charge in [-0.15, -0.1) is 0 Å². The average molecular weight is 291 g/mol. The second-order valence-electron chi connectivity index (χ2n) is 5.37. The Hall–Kier alpha value is -1.95. The molecular formula is C15H21N3O3. The molecule has 1 N–H and O–H groups in total. The molecule has 1 fully saturated rings. The van der Waals surface area contributed by atoms with Gasteiger partial charge in [0.25, 0.3) is 5.91 Å². The Balaban J connectivity index is 2.05. The second kappa shape index (κ2) is 7.17. The van der Waals surface area contributed by atoms with Crippen molar-refractivity contribution in [1.29, 1.82) is 0 Å². The Morgan fingerprint density at radius 3 is 2.43 bits per heavy atom. The maximum absolute atomic E-state index is 12.5. The third-order valence-electron chi connectivity index (χ3n) is 3.48. The van der Waals surface area contributed by atoms with E-state index in [0.29, 0.717) is 31.9 Å². The van der Waals surface area contributed by atoms with Crippen LogP contribution in [0.15, 0.2) is 24.5 Å². The predicted molar refractivity (Wildman–Crippen MR) is 77.7 cm³/mol. The van der Waals surface area contributed by atoms with Gasteiger partial charge in [-0.05, 0) is 18.1 Å². The van der Waals surface area contributed by atoms with Gasteiger partial charge in [0.15, 0.2) is 0 Å². The summed E-state index contributed by atoms with van der Waals surface area (Å²) in [5.74, 6) is -0.278. The van der Waals surface area contributed by atoms with Gasteiger partial charge in [-0.1, -0.05) is 13.8 Å². The monoisotopic (exact) mass is 291 g/mol. The summed E-state index contributed by atoms with van der Waals surface area (Å²) in [4.78, 5) is 30.4. The molecule has 6 nitrogen and oxygen atoms in total. The third kappa shape index (κ3) is 4.01. The first-order chi connectivity index (χ1) is 10.1. The zero-order chi connectivity index (χ0) is 15.2. The molecule has 0 bridgehead atoms. The topological polar surface area (TPSA) is 71.5 Å². The van der Waals surface area contributed by atoms with E-state index in [1.54, 1.807) is 29.4 Å². The van der Waals surface area contributed by atoms with Gasteiger partial charge in [0.1, 0.15) is 6.04 Å². The Labute approximate surface area is 124 Å². The first kappa shape index (κ1) is 15.4.